The number of nitrogens with zero attached hydrogens (tertiary/aromatic N) is 1. The van der Waals surface area contributed by atoms with Crippen LogP contribution in [0.25, 0.3) is 0 Å². The number of carbonyl (C=O) groups excluding carboxylic acids is 2. The first kappa shape index (κ1) is 12.2. The Labute approximate surface area is 112 Å². The molecule has 100 valence electrons. The van der Waals surface area contributed by atoms with Crippen LogP contribution in [0.15, 0.2) is 24.3 Å². The molecule has 1 N–H and O–H groups in total. The number of hydrogen-bond donors (Lipinski definition) is 1. The van der Waals surface area contributed by atoms with E-state index in [0.717, 1.165) is 19.3 Å². The molecule has 1 heterocycles. The Kier molecular flexibility index (Phi) is 2.81. The van der Waals surface area contributed by atoms with Crippen LogP contribution >= 0.6 is 0 Å². The Morgan fingerprint density at radius 3 is 2.53 bits per heavy atom. The van der Waals surface area contributed by atoms with Crippen LogP contribution in [0.5, 0.6) is 5.75 Å². The predicted molar refractivity (Wildman–Crippen MR) is 70.6 cm³/mol. The zero-order chi connectivity index (χ0) is 13.6. The number of rotatable bonds is 1. The lowest BCUT2D eigenvalue weighted by Gasteiger charge is -2.25. The standard InChI is InChI=1S/C15H17NO3/c1-9-6-7-10-11(8-9)15(19)16(14(10)18)12-4-2-3-5-13(12)17/h2-5,9-11,17H,6-8H2,1H3/t9-,10+,11+/m1/s1. The summed E-state index contributed by atoms with van der Waals surface area (Å²) in [5.74, 6) is -0.219. The Morgan fingerprint density at radius 1 is 1.11 bits per heavy atom. The van der Waals surface area contributed by atoms with Crippen molar-refractivity contribution in [2.75, 3.05) is 4.90 Å². The van der Waals surface area contributed by atoms with Gasteiger partial charge in [0.25, 0.3) is 0 Å². The van der Waals surface area contributed by atoms with Crippen molar-refractivity contribution < 1.29 is 14.7 Å². The summed E-state index contributed by atoms with van der Waals surface area (Å²) in [6, 6.07) is 6.52. The van der Waals surface area contributed by atoms with Crippen molar-refractivity contribution >= 4 is 17.5 Å². The normalized spacial score (nSPS) is 30.6. The van der Waals surface area contributed by atoms with Crippen molar-refractivity contribution in [3.05, 3.63) is 24.3 Å². The van der Waals surface area contributed by atoms with Crippen molar-refractivity contribution in [1.29, 1.82) is 0 Å². The van der Waals surface area contributed by atoms with Crippen LogP contribution in [0.3, 0.4) is 0 Å². The minimum Gasteiger partial charge on any atom is -0.506 e. The highest BCUT2D eigenvalue weighted by atomic mass is 16.3. The van der Waals surface area contributed by atoms with Gasteiger partial charge >= 0.3 is 0 Å². The van der Waals surface area contributed by atoms with Gasteiger partial charge in [0.05, 0.1) is 17.5 Å². The monoisotopic (exact) mass is 259 g/mol. The van der Waals surface area contributed by atoms with E-state index in [-0.39, 0.29) is 29.4 Å². The molecule has 0 aromatic heterocycles. The van der Waals surface area contributed by atoms with Crippen molar-refractivity contribution in [3.63, 3.8) is 0 Å². The molecule has 2 amide bonds. The van der Waals surface area contributed by atoms with Gasteiger partial charge in [-0.2, -0.15) is 0 Å². The second-order valence-corrected chi connectivity index (χ2v) is 5.63. The van der Waals surface area contributed by atoms with Gasteiger partial charge < -0.3 is 5.11 Å². The molecule has 19 heavy (non-hydrogen) atoms. The number of amides is 2. The van der Waals surface area contributed by atoms with E-state index in [2.05, 4.69) is 6.92 Å². The number of para-hydroxylation sites is 2. The number of fused-ring (bicyclic) bond motifs is 1. The maximum atomic E-state index is 12.4. The summed E-state index contributed by atoms with van der Waals surface area (Å²) in [6.07, 6.45) is 2.55. The second kappa shape index (κ2) is 4.37. The van der Waals surface area contributed by atoms with E-state index in [9.17, 15) is 14.7 Å². The van der Waals surface area contributed by atoms with Gasteiger partial charge in [-0.15, -0.1) is 0 Å². The van der Waals surface area contributed by atoms with Gasteiger partial charge in [0.15, 0.2) is 0 Å². The number of imide groups is 1. The van der Waals surface area contributed by atoms with Crippen LogP contribution in [0.1, 0.15) is 26.2 Å². The van der Waals surface area contributed by atoms with Gasteiger partial charge in [0, 0.05) is 0 Å². The summed E-state index contributed by atoms with van der Waals surface area (Å²) < 4.78 is 0. The molecule has 1 saturated heterocycles. The van der Waals surface area contributed by atoms with Crippen LogP contribution < -0.4 is 4.90 Å². The van der Waals surface area contributed by atoms with Crippen LogP contribution in [-0.2, 0) is 9.59 Å². The van der Waals surface area contributed by atoms with Crippen molar-refractivity contribution in [2.45, 2.75) is 26.2 Å². The third kappa shape index (κ3) is 1.82. The molecule has 0 unspecified atom stereocenters. The molecule has 1 aliphatic carbocycles. The SMILES string of the molecule is C[C@@H]1CC[C@@H]2C(=O)N(c3ccccc3O)C(=O)[C@H]2C1. The predicted octanol–water partition coefficient (Wildman–Crippen LogP) is 2.32. The van der Waals surface area contributed by atoms with Crippen LogP contribution in [0.4, 0.5) is 5.69 Å². The molecular formula is C15H17NO3. The molecule has 0 spiro atoms. The minimum atomic E-state index is -0.198. The van der Waals surface area contributed by atoms with Crippen molar-refractivity contribution in [2.24, 2.45) is 17.8 Å². The average Bonchev–Trinajstić information content (AvgIpc) is 2.63. The second-order valence-electron chi connectivity index (χ2n) is 5.63. The Morgan fingerprint density at radius 2 is 1.79 bits per heavy atom. The number of aromatic hydroxyl groups is 1. The van der Waals surface area contributed by atoms with Crippen LogP contribution in [0, 0.1) is 17.8 Å². The molecule has 3 atom stereocenters. The van der Waals surface area contributed by atoms with Crippen LogP contribution in [-0.4, -0.2) is 16.9 Å². The number of hydrogen-bond acceptors (Lipinski definition) is 3. The highest BCUT2D eigenvalue weighted by molar-refractivity contribution is 6.22. The molecule has 3 rings (SSSR count). The number of carbonyl (C=O) groups is 2. The molecule has 1 aliphatic heterocycles. The number of anilines is 1. The van der Waals surface area contributed by atoms with E-state index in [1.165, 1.54) is 11.0 Å². The third-order valence-electron chi connectivity index (χ3n) is 4.31. The summed E-state index contributed by atoms with van der Waals surface area (Å²) in [7, 11) is 0. The van der Waals surface area contributed by atoms with Crippen molar-refractivity contribution in [3.8, 4) is 5.75 Å². The summed E-state index contributed by atoms with van der Waals surface area (Å²) in [4.78, 5) is 26.0. The van der Waals surface area contributed by atoms with E-state index >= 15 is 0 Å². The lowest BCUT2D eigenvalue weighted by atomic mass is 9.76. The summed E-state index contributed by atoms with van der Waals surface area (Å²) in [5.41, 5.74) is 0.319. The fourth-order valence-corrected chi connectivity index (χ4v) is 3.28. The van der Waals surface area contributed by atoms with Gasteiger partial charge in [-0.25, -0.2) is 4.90 Å². The van der Waals surface area contributed by atoms with E-state index in [0.29, 0.717) is 11.6 Å². The average molecular weight is 259 g/mol. The topological polar surface area (TPSA) is 57.6 Å². The molecule has 1 aromatic rings. The van der Waals surface area contributed by atoms with Crippen LogP contribution in [0.2, 0.25) is 0 Å². The molecule has 0 bridgehead atoms. The Hall–Kier alpha value is -1.84. The molecule has 4 heteroatoms. The summed E-state index contributed by atoms with van der Waals surface area (Å²) >= 11 is 0. The minimum absolute atomic E-state index is 0.0177. The van der Waals surface area contributed by atoms with Crippen molar-refractivity contribution in [1.82, 2.24) is 0 Å². The van der Waals surface area contributed by atoms with Gasteiger partial charge in [0.1, 0.15) is 5.75 Å². The first-order chi connectivity index (χ1) is 9.09. The zero-order valence-electron chi connectivity index (χ0n) is 10.9. The lowest BCUT2D eigenvalue weighted by molar-refractivity contribution is -0.122. The first-order valence-corrected chi connectivity index (χ1v) is 6.75. The molecule has 1 saturated carbocycles. The molecule has 2 aliphatic rings. The number of phenols is 1. The maximum Gasteiger partial charge on any atom is 0.237 e. The summed E-state index contributed by atoms with van der Waals surface area (Å²) in [6.45, 7) is 2.12. The van der Waals surface area contributed by atoms with E-state index in [1.807, 2.05) is 0 Å². The molecule has 4 nitrogen and oxygen atoms in total. The Balaban J connectivity index is 1.98. The molecule has 1 aromatic carbocycles. The number of benzene rings is 1. The number of phenolic OH excluding ortho intramolecular Hbond substituents is 1. The quantitative estimate of drug-likeness (QED) is 0.787. The maximum absolute atomic E-state index is 12.4. The van der Waals surface area contributed by atoms with Gasteiger partial charge in [-0.3, -0.25) is 9.59 Å². The fraction of sp³-hybridized carbons (Fsp3) is 0.467. The van der Waals surface area contributed by atoms with Gasteiger partial charge in [-0.1, -0.05) is 19.1 Å². The van der Waals surface area contributed by atoms with Gasteiger partial charge in [0.2, 0.25) is 11.8 Å². The fourth-order valence-electron chi connectivity index (χ4n) is 3.28. The van der Waals surface area contributed by atoms with E-state index in [4.69, 9.17) is 0 Å². The highest BCUT2D eigenvalue weighted by Gasteiger charge is 2.50. The molecule has 2 fully saturated rings. The first-order valence-electron chi connectivity index (χ1n) is 6.75. The Bertz CT molecular complexity index is 540. The molecular weight excluding hydrogens is 242 g/mol. The van der Waals surface area contributed by atoms with E-state index < -0.39 is 0 Å². The largest absolute Gasteiger partial charge is 0.506 e. The smallest absolute Gasteiger partial charge is 0.237 e. The summed E-state index contributed by atoms with van der Waals surface area (Å²) in [5, 5.41) is 9.85. The zero-order valence-corrected chi connectivity index (χ0v) is 10.9. The molecule has 0 radical (unpaired) electrons. The van der Waals surface area contributed by atoms with Gasteiger partial charge in [-0.05, 0) is 37.3 Å². The van der Waals surface area contributed by atoms with E-state index in [1.54, 1.807) is 18.2 Å². The highest BCUT2D eigenvalue weighted by Crippen LogP contribution is 2.43. The third-order valence-corrected chi connectivity index (χ3v) is 4.31. The lowest BCUT2D eigenvalue weighted by Crippen LogP contribution is -2.30.